The molecule has 1 N–H and O–H groups in total. The minimum atomic E-state index is -0.00291. The summed E-state index contributed by atoms with van der Waals surface area (Å²) in [7, 11) is 1.78. The molecule has 0 bridgehead atoms. The fraction of sp³-hybridized carbons (Fsp3) is 1.00. The van der Waals surface area contributed by atoms with Crippen LogP contribution in [0.2, 0.25) is 0 Å². The number of aliphatic hydroxyl groups is 1. The van der Waals surface area contributed by atoms with E-state index in [4.69, 9.17) is 4.74 Å². The predicted octanol–water partition coefficient (Wildman–Crippen LogP) is 1.43. The van der Waals surface area contributed by atoms with Gasteiger partial charge in [-0.1, -0.05) is 0 Å². The molecule has 0 aromatic rings. The molecule has 0 aromatic heterocycles. The molecule has 2 fully saturated rings. The Kier molecular flexibility index (Phi) is 2.37. The summed E-state index contributed by atoms with van der Waals surface area (Å²) in [4.78, 5) is 0. The van der Waals surface area contributed by atoms with Crippen molar-refractivity contribution in [2.45, 2.75) is 31.8 Å². The van der Waals surface area contributed by atoms with Crippen molar-refractivity contribution < 1.29 is 9.84 Å². The van der Waals surface area contributed by atoms with Crippen LogP contribution in [0, 0.1) is 17.8 Å². The minimum absolute atomic E-state index is 0.00291. The summed E-state index contributed by atoms with van der Waals surface area (Å²) in [5.41, 5.74) is 0. The lowest BCUT2D eigenvalue weighted by Crippen LogP contribution is -2.18. The molecule has 2 saturated carbocycles. The first-order valence-corrected chi connectivity index (χ1v) is 5.00. The quantitative estimate of drug-likeness (QED) is 0.679. The Bertz CT molecular complexity index is 158. The largest absolute Gasteiger partial charge is 0.393 e. The van der Waals surface area contributed by atoms with Crippen LogP contribution < -0.4 is 0 Å². The van der Waals surface area contributed by atoms with E-state index in [-0.39, 0.29) is 6.10 Å². The maximum Gasteiger partial charge on any atom is 0.0571 e. The smallest absolute Gasteiger partial charge is 0.0571 e. The number of hydrogen-bond acceptors (Lipinski definition) is 2. The zero-order valence-electron chi connectivity index (χ0n) is 7.70. The fourth-order valence-corrected chi connectivity index (χ4v) is 3.11. The molecule has 0 aromatic carbocycles. The SMILES string of the molecule is COC[C@@H]1CC[C@H]2[C@@H]1CC[C@@H]2O. The maximum atomic E-state index is 9.64. The van der Waals surface area contributed by atoms with Gasteiger partial charge < -0.3 is 9.84 Å². The van der Waals surface area contributed by atoms with Gasteiger partial charge in [0.2, 0.25) is 0 Å². The molecule has 2 heteroatoms. The van der Waals surface area contributed by atoms with Crippen LogP contribution in [0.3, 0.4) is 0 Å². The summed E-state index contributed by atoms with van der Waals surface area (Å²) in [6.45, 7) is 0.897. The van der Waals surface area contributed by atoms with Gasteiger partial charge in [0.1, 0.15) is 0 Å². The van der Waals surface area contributed by atoms with Gasteiger partial charge in [-0.25, -0.2) is 0 Å². The molecule has 2 nitrogen and oxygen atoms in total. The van der Waals surface area contributed by atoms with E-state index in [1.54, 1.807) is 7.11 Å². The number of fused-ring (bicyclic) bond motifs is 1. The first-order valence-electron chi connectivity index (χ1n) is 5.00. The third-order valence-electron chi connectivity index (χ3n) is 3.70. The van der Waals surface area contributed by atoms with Gasteiger partial charge in [0, 0.05) is 13.7 Å². The van der Waals surface area contributed by atoms with Crippen LogP contribution in [0.15, 0.2) is 0 Å². The average molecular weight is 170 g/mol. The van der Waals surface area contributed by atoms with E-state index in [0.29, 0.717) is 5.92 Å². The van der Waals surface area contributed by atoms with Crippen LogP contribution in [0.4, 0.5) is 0 Å². The van der Waals surface area contributed by atoms with E-state index < -0.39 is 0 Å². The van der Waals surface area contributed by atoms with Crippen LogP contribution in [0.5, 0.6) is 0 Å². The summed E-state index contributed by atoms with van der Waals surface area (Å²) in [6, 6.07) is 0. The number of methoxy groups -OCH3 is 1. The van der Waals surface area contributed by atoms with E-state index in [9.17, 15) is 5.11 Å². The molecular formula is C10H18O2. The van der Waals surface area contributed by atoms with E-state index in [2.05, 4.69) is 0 Å². The second-order valence-corrected chi connectivity index (χ2v) is 4.27. The molecule has 12 heavy (non-hydrogen) atoms. The third kappa shape index (κ3) is 1.27. The van der Waals surface area contributed by atoms with E-state index in [1.165, 1.54) is 19.3 Å². The zero-order chi connectivity index (χ0) is 8.55. The van der Waals surface area contributed by atoms with Crippen LogP contribution in [-0.2, 0) is 4.74 Å². The molecular weight excluding hydrogens is 152 g/mol. The van der Waals surface area contributed by atoms with Crippen molar-refractivity contribution in [3.8, 4) is 0 Å². The molecule has 2 rings (SSSR count). The Hall–Kier alpha value is -0.0800. The Morgan fingerprint density at radius 1 is 1.17 bits per heavy atom. The van der Waals surface area contributed by atoms with Gasteiger partial charge >= 0.3 is 0 Å². The van der Waals surface area contributed by atoms with Gasteiger partial charge in [-0.2, -0.15) is 0 Å². The lowest BCUT2D eigenvalue weighted by atomic mass is 9.92. The van der Waals surface area contributed by atoms with Gasteiger partial charge in [0.25, 0.3) is 0 Å². The van der Waals surface area contributed by atoms with Gasteiger partial charge in [-0.3, -0.25) is 0 Å². The maximum absolute atomic E-state index is 9.64. The van der Waals surface area contributed by atoms with Crippen molar-refractivity contribution in [1.82, 2.24) is 0 Å². The van der Waals surface area contributed by atoms with Crippen molar-refractivity contribution in [2.75, 3.05) is 13.7 Å². The Labute approximate surface area is 73.9 Å². The van der Waals surface area contributed by atoms with E-state index in [0.717, 1.165) is 24.9 Å². The van der Waals surface area contributed by atoms with Crippen molar-refractivity contribution in [3.05, 3.63) is 0 Å². The second kappa shape index (κ2) is 3.35. The van der Waals surface area contributed by atoms with Crippen LogP contribution >= 0.6 is 0 Å². The highest BCUT2D eigenvalue weighted by Crippen LogP contribution is 2.47. The normalized spacial score (nSPS) is 46.5. The molecule has 70 valence electrons. The molecule has 0 amide bonds. The summed E-state index contributed by atoms with van der Waals surface area (Å²) in [6.07, 6.45) is 4.73. The van der Waals surface area contributed by atoms with E-state index in [1.807, 2.05) is 0 Å². The molecule has 0 spiro atoms. The van der Waals surface area contributed by atoms with Gasteiger partial charge in [0.15, 0.2) is 0 Å². The first-order chi connectivity index (χ1) is 5.83. The predicted molar refractivity (Wildman–Crippen MR) is 46.8 cm³/mol. The molecule has 4 atom stereocenters. The van der Waals surface area contributed by atoms with Crippen molar-refractivity contribution >= 4 is 0 Å². The van der Waals surface area contributed by atoms with Crippen molar-refractivity contribution in [3.63, 3.8) is 0 Å². The molecule has 0 aliphatic heterocycles. The van der Waals surface area contributed by atoms with E-state index >= 15 is 0 Å². The second-order valence-electron chi connectivity index (χ2n) is 4.27. The number of aliphatic hydroxyl groups excluding tert-OH is 1. The highest BCUT2D eigenvalue weighted by molar-refractivity contribution is 4.93. The standard InChI is InChI=1S/C10H18O2/c1-12-6-7-2-3-9-8(7)4-5-10(9)11/h7-11H,2-6H2,1H3/t7-,8+,9-,10-/m0/s1. The average Bonchev–Trinajstić information content (AvgIpc) is 2.58. The molecule has 0 saturated heterocycles. The number of rotatable bonds is 2. The summed E-state index contributed by atoms with van der Waals surface area (Å²) in [5, 5.41) is 9.64. The van der Waals surface area contributed by atoms with Crippen molar-refractivity contribution in [2.24, 2.45) is 17.8 Å². The first kappa shape index (κ1) is 8.52. The minimum Gasteiger partial charge on any atom is -0.393 e. The van der Waals surface area contributed by atoms with Crippen LogP contribution in [0.25, 0.3) is 0 Å². The van der Waals surface area contributed by atoms with Gasteiger partial charge in [0.05, 0.1) is 6.10 Å². The number of ether oxygens (including phenoxy) is 1. The molecule has 2 aliphatic carbocycles. The Morgan fingerprint density at radius 3 is 2.67 bits per heavy atom. The fourth-order valence-electron chi connectivity index (χ4n) is 3.11. The summed E-state index contributed by atoms with van der Waals surface area (Å²) < 4.78 is 5.19. The summed E-state index contributed by atoms with van der Waals surface area (Å²) in [5.74, 6) is 2.10. The van der Waals surface area contributed by atoms with Crippen molar-refractivity contribution in [1.29, 1.82) is 0 Å². The molecule has 2 aliphatic rings. The zero-order valence-corrected chi connectivity index (χ0v) is 7.70. The Morgan fingerprint density at radius 2 is 1.92 bits per heavy atom. The Balaban J connectivity index is 1.96. The third-order valence-corrected chi connectivity index (χ3v) is 3.70. The lowest BCUT2D eigenvalue weighted by Gasteiger charge is -2.17. The van der Waals surface area contributed by atoms with Gasteiger partial charge in [-0.05, 0) is 43.4 Å². The summed E-state index contributed by atoms with van der Waals surface area (Å²) >= 11 is 0. The topological polar surface area (TPSA) is 29.5 Å². The molecule has 0 heterocycles. The number of hydrogen-bond donors (Lipinski definition) is 1. The van der Waals surface area contributed by atoms with Gasteiger partial charge in [-0.15, -0.1) is 0 Å². The highest BCUT2D eigenvalue weighted by Gasteiger charge is 2.43. The van der Waals surface area contributed by atoms with Crippen LogP contribution in [-0.4, -0.2) is 24.9 Å². The monoisotopic (exact) mass is 170 g/mol. The molecule has 0 unspecified atom stereocenters. The highest BCUT2D eigenvalue weighted by atomic mass is 16.5. The van der Waals surface area contributed by atoms with Crippen LogP contribution in [0.1, 0.15) is 25.7 Å². The lowest BCUT2D eigenvalue weighted by molar-refractivity contribution is 0.107. The molecule has 0 radical (unpaired) electrons.